The van der Waals surface area contributed by atoms with Crippen molar-refractivity contribution in [2.45, 2.75) is 70.2 Å². The number of hydrogen-bond donors (Lipinski definition) is 5. The Balaban J connectivity index is 4.23. The van der Waals surface area contributed by atoms with Crippen molar-refractivity contribution in [1.82, 2.24) is 4.90 Å². The maximum atomic E-state index is 12.1. The van der Waals surface area contributed by atoms with Crippen LogP contribution >= 0.6 is 0 Å². The summed E-state index contributed by atoms with van der Waals surface area (Å²) in [5.41, 5.74) is 0. The summed E-state index contributed by atoms with van der Waals surface area (Å²) in [6.07, 6.45) is 2.29. The Morgan fingerprint density at radius 3 is 2.13 bits per heavy atom. The third kappa shape index (κ3) is 9.88. The molecule has 0 aromatic heterocycles. The van der Waals surface area contributed by atoms with Crippen LogP contribution in [0.2, 0.25) is 0 Å². The fourth-order valence-electron chi connectivity index (χ4n) is 2.35. The summed E-state index contributed by atoms with van der Waals surface area (Å²) in [6.45, 7) is 1.10. The molecule has 7 heteroatoms. The molecule has 0 saturated carbocycles. The number of rotatable bonds is 14. The molecule has 0 heterocycles. The molecule has 0 bridgehead atoms. The van der Waals surface area contributed by atoms with Crippen LogP contribution in [-0.2, 0) is 4.79 Å². The number of amides is 1. The number of carbonyl (C=O) groups is 1. The highest BCUT2D eigenvalue weighted by Gasteiger charge is 2.27. The fraction of sp³-hybridized carbons (Fsp3) is 0.938. The minimum Gasteiger partial charge on any atom is -0.395 e. The Labute approximate surface area is 138 Å². The van der Waals surface area contributed by atoms with Crippen molar-refractivity contribution >= 4 is 5.91 Å². The molecular formula is C16H33NO6. The molecule has 0 rings (SSSR count). The zero-order chi connectivity index (χ0) is 17.7. The maximum Gasteiger partial charge on any atom is 0.222 e. The molecule has 1 amide bonds. The number of aliphatic hydroxyl groups is 5. The molecule has 5 N–H and O–H groups in total. The molecule has 0 aliphatic carbocycles. The van der Waals surface area contributed by atoms with Gasteiger partial charge in [0.05, 0.1) is 13.2 Å². The van der Waals surface area contributed by atoms with Gasteiger partial charge in [-0.15, -0.1) is 0 Å². The van der Waals surface area contributed by atoms with Crippen LogP contribution in [0.5, 0.6) is 0 Å². The molecule has 7 nitrogen and oxygen atoms in total. The summed E-state index contributed by atoms with van der Waals surface area (Å²) >= 11 is 0. The predicted molar refractivity (Wildman–Crippen MR) is 86.8 cm³/mol. The number of carbonyl (C=O) groups excluding carboxylic acids is 1. The molecule has 0 fully saturated rings. The molecule has 0 aromatic carbocycles. The SMILES string of the molecule is CCCCCCCCC(=O)N(CCO)C[C@@H](O)[C@@H](O)[C@@H](O)CO. The van der Waals surface area contributed by atoms with E-state index in [1.54, 1.807) is 0 Å². The Hall–Kier alpha value is -0.730. The van der Waals surface area contributed by atoms with Crippen molar-refractivity contribution < 1.29 is 30.3 Å². The van der Waals surface area contributed by atoms with E-state index in [9.17, 15) is 20.1 Å². The van der Waals surface area contributed by atoms with Gasteiger partial charge in [0.15, 0.2) is 0 Å². The highest BCUT2D eigenvalue weighted by atomic mass is 16.4. The first-order valence-electron chi connectivity index (χ1n) is 8.51. The van der Waals surface area contributed by atoms with Gasteiger partial charge < -0.3 is 30.4 Å². The van der Waals surface area contributed by atoms with Gasteiger partial charge in [-0.25, -0.2) is 0 Å². The molecule has 0 radical (unpaired) electrons. The van der Waals surface area contributed by atoms with Crippen LogP contribution in [0.3, 0.4) is 0 Å². The Morgan fingerprint density at radius 2 is 1.57 bits per heavy atom. The zero-order valence-corrected chi connectivity index (χ0v) is 14.1. The van der Waals surface area contributed by atoms with Crippen LogP contribution in [-0.4, -0.2) is 81.0 Å². The van der Waals surface area contributed by atoms with Gasteiger partial charge in [-0.05, 0) is 6.42 Å². The van der Waals surface area contributed by atoms with Crippen LogP contribution in [0.25, 0.3) is 0 Å². The molecule has 0 unspecified atom stereocenters. The first kappa shape index (κ1) is 22.3. The highest BCUT2D eigenvalue weighted by molar-refractivity contribution is 5.76. The van der Waals surface area contributed by atoms with Gasteiger partial charge in [0, 0.05) is 19.5 Å². The summed E-state index contributed by atoms with van der Waals surface area (Å²) in [7, 11) is 0. The number of hydrogen-bond acceptors (Lipinski definition) is 6. The molecule has 3 atom stereocenters. The van der Waals surface area contributed by atoms with Gasteiger partial charge in [0.25, 0.3) is 0 Å². The van der Waals surface area contributed by atoms with Crippen LogP contribution in [0.1, 0.15) is 51.9 Å². The van der Waals surface area contributed by atoms with Gasteiger partial charge in [0.1, 0.15) is 18.3 Å². The lowest BCUT2D eigenvalue weighted by Crippen LogP contribution is -2.48. The van der Waals surface area contributed by atoms with Gasteiger partial charge in [0.2, 0.25) is 5.91 Å². The molecule has 0 aliphatic rings. The third-order valence-corrected chi connectivity index (χ3v) is 3.85. The summed E-state index contributed by atoms with van der Waals surface area (Å²) in [6, 6.07) is 0. The van der Waals surface area contributed by atoms with Crippen LogP contribution in [0.15, 0.2) is 0 Å². The zero-order valence-electron chi connectivity index (χ0n) is 14.1. The lowest BCUT2D eigenvalue weighted by molar-refractivity contribution is -0.136. The van der Waals surface area contributed by atoms with E-state index >= 15 is 0 Å². The topological polar surface area (TPSA) is 121 Å². The fourth-order valence-corrected chi connectivity index (χ4v) is 2.35. The van der Waals surface area contributed by atoms with Crippen molar-refractivity contribution in [3.63, 3.8) is 0 Å². The molecule has 0 spiro atoms. The highest BCUT2D eigenvalue weighted by Crippen LogP contribution is 2.10. The Bertz CT molecular complexity index is 302. The van der Waals surface area contributed by atoms with E-state index in [-0.39, 0.29) is 25.6 Å². The molecule has 23 heavy (non-hydrogen) atoms. The normalized spacial score (nSPS) is 15.2. The van der Waals surface area contributed by atoms with E-state index < -0.39 is 24.9 Å². The number of nitrogens with zero attached hydrogens (tertiary/aromatic N) is 1. The number of aliphatic hydroxyl groups excluding tert-OH is 5. The molecule has 0 aliphatic heterocycles. The van der Waals surface area contributed by atoms with Crippen molar-refractivity contribution in [3.8, 4) is 0 Å². The summed E-state index contributed by atoms with van der Waals surface area (Å²) in [4.78, 5) is 13.4. The van der Waals surface area contributed by atoms with Gasteiger partial charge in [-0.1, -0.05) is 39.0 Å². The average molecular weight is 335 g/mol. The van der Waals surface area contributed by atoms with Crippen LogP contribution in [0.4, 0.5) is 0 Å². The van der Waals surface area contributed by atoms with Gasteiger partial charge >= 0.3 is 0 Å². The maximum absolute atomic E-state index is 12.1. The second-order valence-corrected chi connectivity index (χ2v) is 5.89. The third-order valence-electron chi connectivity index (χ3n) is 3.85. The van der Waals surface area contributed by atoms with Crippen molar-refractivity contribution in [2.75, 3.05) is 26.3 Å². The quantitative estimate of drug-likeness (QED) is 0.276. The first-order valence-corrected chi connectivity index (χ1v) is 8.51. The second kappa shape index (κ2) is 13.7. The van der Waals surface area contributed by atoms with E-state index in [1.165, 1.54) is 17.7 Å². The minimum atomic E-state index is -1.54. The van der Waals surface area contributed by atoms with E-state index in [0.717, 1.165) is 25.7 Å². The average Bonchev–Trinajstić information content (AvgIpc) is 2.55. The standard InChI is InChI=1S/C16H33NO6/c1-2-3-4-5-6-7-8-15(22)17(9-10-18)11-13(20)16(23)14(21)12-19/h13-14,16,18-21,23H,2-12H2,1H3/t13-,14+,16-/m1/s1. The molecule has 138 valence electrons. The van der Waals surface area contributed by atoms with Crippen LogP contribution < -0.4 is 0 Å². The van der Waals surface area contributed by atoms with E-state index in [4.69, 9.17) is 10.2 Å². The van der Waals surface area contributed by atoms with Crippen LogP contribution in [0, 0.1) is 0 Å². The summed E-state index contributed by atoms with van der Waals surface area (Å²) in [5, 5.41) is 46.6. The predicted octanol–water partition coefficient (Wildman–Crippen LogP) is -0.367. The van der Waals surface area contributed by atoms with E-state index in [2.05, 4.69) is 6.92 Å². The molecule has 0 aromatic rings. The molecular weight excluding hydrogens is 302 g/mol. The lowest BCUT2D eigenvalue weighted by Gasteiger charge is -2.28. The van der Waals surface area contributed by atoms with Crippen molar-refractivity contribution in [3.05, 3.63) is 0 Å². The smallest absolute Gasteiger partial charge is 0.222 e. The largest absolute Gasteiger partial charge is 0.395 e. The van der Waals surface area contributed by atoms with Crippen molar-refractivity contribution in [2.24, 2.45) is 0 Å². The first-order chi connectivity index (χ1) is 11.0. The monoisotopic (exact) mass is 335 g/mol. The van der Waals surface area contributed by atoms with E-state index in [0.29, 0.717) is 6.42 Å². The van der Waals surface area contributed by atoms with E-state index in [1.807, 2.05) is 0 Å². The van der Waals surface area contributed by atoms with Gasteiger partial charge in [-0.2, -0.15) is 0 Å². The Morgan fingerprint density at radius 1 is 0.957 bits per heavy atom. The van der Waals surface area contributed by atoms with Crippen molar-refractivity contribution in [1.29, 1.82) is 0 Å². The Kier molecular flexibility index (Phi) is 13.3. The summed E-state index contributed by atoms with van der Waals surface area (Å²) < 4.78 is 0. The minimum absolute atomic E-state index is 0.0632. The number of unbranched alkanes of at least 4 members (excludes halogenated alkanes) is 5. The van der Waals surface area contributed by atoms with Gasteiger partial charge in [-0.3, -0.25) is 4.79 Å². The molecule has 0 saturated heterocycles. The lowest BCUT2D eigenvalue weighted by atomic mass is 10.1. The second-order valence-electron chi connectivity index (χ2n) is 5.89. The summed E-state index contributed by atoms with van der Waals surface area (Å²) in [5.74, 6) is -0.195.